The monoisotopic (exact) mass is 439 g/mol. The Kier molecular flexibility index (Phi) is 8.83. The summed E-state index contributed by atoms with van der Waals surface area (Å²) < 4.78 is 10.5. The van der Waals surface area contributed by atoms with Gasteiger partial charge in [-0.05, 0) is 38.0 Å². The Hall–Kier alpha value is -3.80. The van der Waals surface area contributed by atoms with Crippen molar-refractivity contribution in [3.05, 3.63) is 41.1 Å². The molecule has 0 saturated carbocycles. The van der Waals surface area contributed by atoms with Crippen LogP contribution >= 0.6 is 0 Å². The lowest BCUT2D eigenvalue weighted by Gasteiger charge is -2.21. The Morgan fingerprint density at radius 3 is 2.72 bits per heavy atom. The lowest BCUT2D eigenvalue weighted by Crippen LogP contribution is -2.48. The molecule has 1 aromatic heterocycles. The van der Waals surface area contributed by atoms with Crippen molar-refractivity contribution in [3.8, 4) is 6.07 Å². The second-order valence-electron chi connectivity index (χ2n) is 7.41. The second kappa shape index (κ2) is 11.6. The fraction of sp³-hybridized carbons (Fsp3) is 0.409. The van der Waals surface area contributed by atoms with Gasteiger partial charge in [0.1, 0.15) is 12.1 Å². The van der Waals surface area contributed by atoms with Gasteiger partial charge in [0.2, 0.25) is 11.7 Å². The number of benzene rings is 1. The van der Waals surface area contributed by atoms with E-state index >= 15 is 0 Å². The molecule has 168 valence electrons. The summed E-state index contributed by atoms with van der Waals surface area (Å²) in [6.45, 7) is 3.35. The van der Waals surface area contributed by atoms with Crippen LogP contribution in [0.5, 0.6) is 0 Å². The van der Waals surface area contributed by atoms with E-state index in [4.69, 9.17) is 20.3 Å². The molecule has 0 unspecified atom stereocenters. The number of aromatic amines is 1. The van der Waals surface area contributed by atoms with Gasteiger partial charge in [-0.1, -0.05) is 6.07 Å². The molecule has 0 spiro atoms. The molecular weight excluding hydrogens is 414 g/mol. The lowest BCUT2D eigenvalue weighted by molar-refractivity contribution is -0.152. The Balaban J connectivity index is 2.14. The van der Waals surface area contributed by atoms with Crippen molar-refractivity contribution < 1.29 is 28.6 Å². The predicted molar refractivity (Wildman–Crippen MR) is 115 cm³/mol. The molecular formula is C22H25N5O5. The highest BCUT2D eigenvalue weighted by molar-refractivity contribution is 6.25. The number of nitrogens with one attached hydrogen (secondary N) is 2. The maximum atomic E-state index is 12.9. The number of hydrogen-bond acceptors (Lipinski definition) is 6. The summed E-state index contributed by atoms with van der Waals surface area (Å²) in [7, 11) is 1.38. The smallest absolute Gasteiger partial charge is 0.328 e. The van der Waals surface area contributed by atoms with Crippen molar-refractivity contribution in [2.75, 3.05) is 7.11 Å². The van der Waals surface area contributed by atoms with Gasteiger partial charge in [-0.3, -0.25) is 9.59 Å². The van der Waals surface area contributed by atoms with Crippen molar-refractivity contribution in [1.82, 2.24) is 10.3 Å². The van der Waals surface area contributed by atoms with Crippen LogP contribution in [-0.4, -0.2) is 59.0 Å². The third kappa shape index (κ3) is 6.60. The number of ketones is 1. The Morgan fingerprint density at radius 1 is 1.34 bits per heavy atom. The number of nitrogens with zero attached hydrogens (tertiary/aromatic N) is 3. The van der Waals surface area contributed by atoms with Gasteiger partial charge >= 0.3 is 12.2 Å². The zero-order chi connectivity index (χ0) is 23.7. The molecule has 0 saturated heterocycles. The van der Waals surface area contributed by atoms with Crippen molar-refractivity contribution in [3.63, 3.8) is 0 Å². The van der Waals surface area contributed by atoms with Gasteiger partial charge in [-0.15, -0.1) is 0 Å². The maximum Gasteiger partial charge on any atom is 0.328 e. The molecule has 1 amide bonds. The highest BCUT2D eigenvalue weighted by atomic mass is 16.5. The van der Waals surface area contributed by atoms with Gasteiger partial charge in [-0.2, -0.15) is 10.1 Å². The van der Waals surface area contributed by atoms with Gasteiger partial charge in [0, 0.05) is 37.1 Å². The first-order valence-electron chi connectivity index (χ1n) is 10.0. The molecule has 0 radical (unpaired) electrons. The number of rotatable bonds is 11. The summed E-state index contributed by atoms with van der Waals surface area (Å²) in [6.07, 6.45) is 1.23. The standard InChI is InChI=1S/C22H25N5O5/c1-13(2)32-22(30)18(7-5-16(28)12-26-24)27-21(29)20(31-3)9-15-11-25-19-8-14(10-23)4-6-17(15)19/h4,6,8,11-13,18,20,25H,5,7,9H2,1-3H3,(H,27,29)/t18-,20-/m0/s1. The molecule has 2 atom stereocenters. The average molecular weight is 439 g/mol. The molecule has 0 bridgehead atoms. The van der Waals surface area contributed by atoms with Gasteiger partial charge in [0.15, 0.2) is 0 Å². The highest BCUT2D eigenvalue weighted by Crippen LogP contribution is 2.21. The number of carbonyl (C=O) groups excluding carboxylic acids is 3. The third-order valence-corrected chi connectivity index (χ3v) is 4.71. The minimum absolute atomic E-state index is 0.0252. The zero-order valence-electron chi connectivity index (χ0n) is 18.1. The fourth-order valence-corrected chi connectivity index (χ4v) is 3.15. The van der Waals surface area contributed by atoms with Crippen LogP contribution < -0.4 is 5.32 Å². The Morgan fingerprint density at radius 2 is 2.09 bits per heavy atom. The number of amides is 1. The van der Waals surface area contributed by atoms with Gasteiger partial charge < -0.3 is 25.3 Å². The summed E-state index contributed by atoms with van der Waals surface area (Å²) in [5.74, 6) is -1.71. The number of fused-ring (bicyclic) bond motifs is 1. The normalized spacial score (nSPS) is 12.5. The number of Topliss-reactive ketones (excluding diaryl/α,β-unsaturated/α-hetero) is 1. The molecule has 1 aromatic carbocycles. The van der Waals surface area contributed by atoms with E-state index in [1.54, 1.807) is 38.2 Å². The van der Waals surface area contributed by atoms with Crippen molar-refractivity contribution in [2.45, 2.75) is 51.4 Å². The average Bonchev–Trinajstić information content (AvgIpc) is 3.16. The maximum absolute atomic E-state index is 12.9. The van der Waals surface area contributed by atoms with E-state index in [0.717, 1.165) is 22.7 Å². The van der Waals surface area contributed by atoms with Crippen LogP contribution in [0.2, 0.25) is 0 Å². The Labute approximate surface area is 185 Å². The number of hydrogen-bond donors (Lipinski definition) is 2. The van der Waals surface area contributed by atoms with E-state index in [9.17, 15) is 14.4 Å². The molecule has 2 aromatic rings. The molecule has 0 aliphatic heterocycles. The second-order valence-corrected chi connectivity index (χ2v) is 7.41. The van der Waals surface area contributed by atoms with Crippen LogP contribution in [0.3, 0.4) is 0 Å². The summed E-state index contributed by atoms with van der Waals surface area (Å²) in [5.41, 5.74) is 10.5. The largest absolute Gasteiger partial charge is 0.461 e. The van der Waals surface area contributed by atoms with E-state index in [-0.39, 0.29) is 19.3 Å². The van der Waals surface area contributed by atoms with Gasteiger partial charge in [0.25, 0.3) is 0 Å². The minimum atomic E-state index is -1.07. The quantitative estimate of drug-likeness (QED) is 0.235. The summed E-state index contributed by atoms with van der Waals surface area (Å²) in [6, 6.07) is 6.20. The molecule has 2 rings (SSSR count). The van der Waals surface area contributed by atoms with Crippen LogP contribution in [0.4, 0.5) is 0 Å². The molecule has 32 heavy (non-hydrogen) atoms. The number of esters is 1. The first kappa shape index (κ1) is 24.5. The third-order valence-electron chi connectivity index (χ3n) is 4.71. The van der Waals surface area contributed by atoms with E-state index in [1.165, 1.54) is 7.11 Å². The summed E-state index contributed by atoms with van der Waals surface area (Å²) in [5, 5.41) is 12.5. The topological polar surface area (TPSA) is 158 Å². The van der Waals surface area contributed by atoms with E-state index in [1.807, 2.05) is 0 Å². The Bertz CT molecular complexity index is 1080. The highest BCUT2D eigenvalue weighted by Gasteiger charge is 2.28. The van der Waals surface area contributed by atoms with Crippen molar-refractivity contribution >= 4 is 34.8 Å². The predicted octanol–water partition coefficient (Wildman–Crippen LogP) is 1.68. The summed E-state index contributed by atoms with van der Waals surface area (Å²) >= 11 is 0. The summed E-state index contributed by atoms with van der Waals surface area (Å²) in [4.78, 5) is 42.6. The number of H-pyrrole nitrogens is 1. The fourth-order valence-electron chi connectivity index (χ4n) is 3.15. The SMILES string of the molecule is CO[C@@H](Cc1c[nH]c2cc(C#N)ccc12)C(=O)N[C@@H](CCC(=O)C=[N+]=[N-])C(=O)OC(C)C. The van der Waals surface area contributed by atoms with Crippen LogP contribution in [0, 0.1) is 11.3 Å². The van der Waals surface area contributed by atoms with Crippen LogP contribution in [0.1, 0.15) is 37.8 Å². The van der Waals surface area contributed by atoms with E-state index in [2.05, 4.69) is 21.2 Å². The molecule has 2 N–H and O–H groups in total. The van der Waals surface area contributed by atoms with Crippen LogP contribution in [0.15, 0.2) is 24.4 Å². The molecule has 1 heterocycles. The minimum Gasteiger partial charge on any atom is -0.461 e. The number of aromatic nitrogens is 1. The first-order chi connectivity index (χ1) is 15.3. The van der Waals surface area contributed by atoms with Gasteiger partial charge in [-0.25, -0.2) is 4.79 Å². The molecule has 10 heteroatoms. The zero-order valence-corrected chi connectivity index (χ0v) is 18.1. The van der Waals surface area contributed by atoms with E-state index in [0.29, 0.717) is 5.56 Å². The number of carbonyl (C=O) groups is 3. The number of nitriles is 1. The lowest BCUT2D eigenvalue weighted by atomic mass is 10.0. The van der Waals surface area contributed by atoms with Gasteiger partial charge in [0.05, 0.1) is 17.7 Å². The molecule has 0 aliphatic carbocycles. The van der Waals surface area contributed by atoms with E-state index < -0.39 is 35.9 Å². The van der Waals surface area contributed by atoms with Crippen LogP contribution in [-0.2, 0) is 30.3 Å². The van der Waals surface area contributed by atoms with Crippen molar-refractivity contribution in [1.29, 1.82) is 5.26 Å². The molecule has 0 aliphatic rings. The molecule has 0 fully saturated rings. The van der Waals surface area contributed by atoms with Crippen LogP contribution in [0.25, 0.3) is 16.4 Å². The van der Waals surface area contributed by atoms with Crippen molar-refractivity contribution in [2.24, 2.45) is 0 Å². The molecule has 10 nitrogen and oxygen atoms in total. The first-order valence-corrected chi connectivity index (χ1v) is 10.0. The number of methoxy groups -OCH3 is 1. The number of ether oxygens (including phenoxy) is 2.